The van der Waals surface area contributed by atoms with E-state index in [2.05, 4.69) is 21.1 Å². The molecule has 2 aromatic rings. The fraction of sp³-hybridized carbons (Fsp3) is 0.118. The third-order valence-electron chi connectivity index (χ3n) is 2.99. The summed E-state index contributed by atoms with van der Waals surface area (Å²) in [7, 11) is 3.20. The Morgan fingerprint density at radius 1 is 0.792 bits per heavy atom. The van der Waals surface area contributed by atoms with Crippen LogP contribution in [-0.4, -0.2) is 32.7 Å². The highest BCUT2D eigenvalue weighted by atomic mass is 16.5. The Morgan fingerprint density at radius 3 is 1.50 bits per heavy atom. The lowest BCUT2D eigenvalue weighted by molar-refractivity contribution is 0.242. The number of hydrazone groups is 2. The Morgan fingerprint density at radius 2 is 1.17 bits per heavy atom. The van der Waals surface area contributed by atoms with Crippen LogP contribution in [0.2, 0.25) is 0 Å². The molecule has 2 amide bonds. The van der Waals surface area contributed by atoms with E-state index < -0.39 is 6.03 Å². The van der Waals surface area contributed by atoms with Crippen LogP contribution in [-0.2, 0) is 0 Å². The van der Waals surface area contributed by atoms with E-state index in [0.717, 1.165) is 22.6 Å². The number of rotatable bonds is 6. The minimum Gasteiger partial charge on any atom is -0.497 e. The molecule has 124 valence electrons. The second-order valence-electron chi connectivity index (χ2n) is 4.62. The standard InChI is InChI=1S/C17H18N4O3/c1-23-15-7-3-13(4-8-15)11-18-20-17(22)21-19-12-14-5-9-16(24-2)10-6-14/h3-12H,1-2H3,(H2,20,21,22)/b18-11+,19-12+. The average Bonchev–Trinajstić information content (AvgIpc) is 2.63. The fourth-order valence-corrected chi connectivity index (χ4v) is 1.74. The number of carbonyl (C=O) groups excluding carboxylic acids is 1. The van der Waals surface area contributed by atoms with Gasteiger partial charge < -0.3 is 9.47 Å². The zero-order chi connectivity index (χ0) is 17.2. The van der Waals surface area contributed by atoms with Gasteiger partial charge in [-0.25, -0.2) is 15.6 Å². The van der Waals surface area contributed by atoms with Crippen molar-refractivity contribution in [1.29, 1.82) is 0 Å². The lowest BCUT2D eigenvalue weighted by atomic mass is 10.2. The molecule has 0 saturated heterocycles. The van der Waals surface area contributed by atoms with Crippen LogP contribution < -0.4 is 20.3 Å². The first kappa shape index (κ1) is 17.0. The van der Waals surface area contributed by atoms with Crippen molar-refractivity contribution < 1.29 is 14.3 Å². The highest BCUT2D eigenvalue weighted by molar-refractivity contribution is 5.83. The van der Waals surface area contributed by atoms with Crippen LogP contribution in [0.15, 0.2) is 58.7 Å². The Balaban J connectivity index is 1.77. The van der Waals surface area contributed by atoms with Crippen LogP contribution >= 0.6 is 0 Å². The molecule has 7 heteroatoms. The largest absolute Gasteiger partial charge is 0.497 e. The van der Waals surface area contributed by atoms with Gasteiger partial charge in [0, 0.05) is 0 Å². The van der Waals surface area contributed by atoms with E-state index >= 15 is 0 Å². The Kier molecular flexibility index (Phi) is 6.34. The molecular formula is C17H18N4O3. The maximum atomic E-state index is 11.5. The Hall–Kier alpha value is -3.35. The second kappa shape index (κ2) is 8.94. The fourth-order valence-electron chi connectivity index (χ4n) is 1.74. The maximum Gasteiger partial charge on any atom is 0.355 e. The summed E-state index contributed by atoms with van der Waals surface area (Å²) < 4.78 is 10.1. The van der Waals surface area contributed by atoms with E-state index in [1.807, 2.05) is 24.3 Å². The van der Waals surface area contributed by atoms with Gasteiger partial charge in [-0.1, -0.05) is 0 Å². The van der Waals surface area contributed by atoms with Gasteiger partial charge >= 0.3 is 6.03 Å². The number of urea groups is 1. The first-order valence-corrected chi connectivity index (χ1v) is 7.11. The van der Waals surface area contributed by atoms with Gasteiger partial charge in [0.25, 0.3) is 0 Å². The summed E-state index contributed by atoms with van der Waals surface area (Å²) in [6.07, 6.45) is 3.04. The molecule has 0 aliphatic carbocycles. The summed E-state index contributed by atoms with van der Waals surface area (Å²) in [5.74, 6) is 1.51. The molecule has 0 saturated carbocycles. The minimum absolute atomic E-state index is 0.537. The lowest BCUT2D eigenvalue weighted by Crippen LogP contribution is -2.28. The molecule has 2 N–H and O–H groups in total. The molecule has 0 heterocycles. The first-order valence-electron chi connectivity index (χ1n) is 7.11. The Labute approximate surface area is 140 Å². The van der Waals surface area contributed by atoms with E-state index in [1.165, 1.54) is 12.4 Å². The van der Waals surface area contributed by atoms with E-state index in [0.29, 0.717) is 0 Å². The number of amides is 2. The molecule has 2 rings (SSSR count). The van der Waals surface area contributed by atoms with Crippen molar-refractivity contribution in [3.05, 3.63) is 59.7 Å². The number of benzene rings is 2. The van der Waals surface area contributed by atoms with Crippen molar-refractivity contribution >= 4 is 18.5 Å². The van der Waals surface area contributed by atoms with Gasteiger partial charge in [-0.3, -0.25) is 0 Å². The number of nitrogens with zero attached hydrogens (tertiary/aromatic N) is 2. The minimum atomic E-state index is -0.537. The summed E-state index contributed by atoms with van der Waals surface area (Å²) in [5.41, 5.74) is 6.30. The summed E-state index contributed by atoms with van der Waals surface area (Å²) >= 11 is 0. The highest BCUT2D eigenvalue weighted by Gasteiger charge is 1.95. The molecule has 7 nitrogen and oxygen atoms in total. The van der Waals surface area contributed by atoms with E-state index in [1.54, 1.807) is 38.5 Å². The van der Waals surface area contributed by atoms with Gasteiger partial charge in [0.1, 0.15) is 11.5 Å². The van der Waals surface area contributed by atoms with Crippen molar-refractivity contribution in [2.45, 2.75) is 0 Å². The predicted molar refractivity (Wildman–Crippen MR) is 92.8 cm³/mol. The second-order valence-corrected chi connectivity index (χ2v) is 4.62. The van der Waals surface area contributed by atoms with Crippen LogP contribution in [0, 0.1) is 0 Å². The van der Waals surface area contributed by atoms with Crippen LogP contribution in [0.3, 0.4) is 0 Å². The summed E-state index contributed by atoms with van der Waals surface area (Å²) in [6.45, 7) is 0. The SMILES string of the molecule is COc1ccc(/C=N/NC(=O)N/N=C/c2ccc(OC)cc2)cc1. The predicted octanol–water partition coefficient (Wildman–Crippen LogP) is 2.37. The van der Waals surface area contributed by atoms with Crippen molar-refractivity contribution in [1.82, 2.24) is 10.9 Å². The van der Waals surface area contributed by atoms with E-state index in [4.69, 9.17) is 9.47 Å². The van der Waals surface area contributed by atoms with Gasteiger partial charge in [-0.2, -0.15) is 10.2 Å². The molecular weight excluding hydrogens is 308 g/mol. The third-order valence-corrected chi connectivity index (χ3v) is 2.99. The van der Waals surface area contributed by atoms with Gasteiger partial charge in [0.05, 0.1) is 26.6 Å². The first-order chi connectivity index (χ1) is 11.7. The number of ether oxygens (including phenoxy) is 2. The molecule has 0 unspecified atom stereocenters. The van der Waals surface area contributed by atoms with E-state index in [9.17, 15) is 4.79 Å². The van der Waals surface area contributed by atoms with Crippen LogP contribution in [0.5, 0.6) is 11.5 Å². The molecule has 0 fully saturated rings. The Bertz CT molecular complexity index is 648. The molecule has 0 atom stereocenters. The molecule has 0 spiro atoms. The topological polar surface area (TPSA) is 84.3 Å². The van der Waals surface area contributed by atoms with Gasteiger partial charge in [-0.15, -0.1) is 0 Å². The van der Waals surface area contributed by atoms with Crippen molar-refractivity contribution in [2.24, 2.45) is 10.2 Å². The molecule has 0 bridgehead atoms. The molecule has 0 aromatic heterocycles. The maximum absolute atomic E-state index is 11.5. The molecule has 24 heavy (non-hydrogen) atoms. The molecule has 2 aromatic carbocycles. The smallest absolute Gasteiger partial charge is 0.355 e. The van der Waals surface area contributed by atoms with Gasteiger partial charge in [0.15, 0.2) is 0 Å². The summed E-state index contributed by atoms with van der Waals surface area (Å²) in [5, 5.41) is 7.65. The van der Waals surface area contributed by atoms with E-state index in [-0.39, 0.29) is 0 Å². The zero-order valence-electron chi connectivity index (χ0n) is 13.4. The van der Waals surface area contributed by atoms with Crippen molar-refractivity contribution in [2.75, 3.05) is 14.2 Å². The number of nitrogens with one attached hydrogen (secondary N) is 2. The third kappa shape index (κ3) is 5.45. The number of hydrogen-bond donors (Lipinski definition) is 2. The van der Waals surface area contributed by atoms with Gasteiger partial charge in [-0.05, 0) is 59.7 Å². The summed E-state index contributed by atoms with van der Waals surface area (Å²) in [4.78, 5) is 11.5. The number of methoxy groups -OCH3 is 2. The monoisotopic (exact) mass is 326 g/mol. The normalized spacial score (nSPS) is 10.8. The van der Waals surface area contributed by atoms with Crippen molar-refractivity contribution in [3.63, 3.8) is 0 Å². The van der Waals surface area contributed by atoms with Crippen molar-refractivity contribution in [3.8, 4) is 11.5 Å². The number of hydrogen-bond acceptors (Lipinski definition) is 5. The number of carbonyl (C=O) groups is 1. The molecule has 0 aliphatic rings. The zero-order valence-corrected chi connectivity index (χ0v) is 13.4. The quantitative estimate of drug-likeness (QED) is 0.631. The van der Waals surface area contributed by atoms with Crippen LogP contribution in [0.25, 0.3) is 0 Å². The summed E-state index contributed by atoms with van der Waals surface area (Å²) in [6, 6.07) is 14.0. The lowest BCUT2D eigenvalue weighted by Gasteiger charge is -2.00. The highest BCUT2D eigenvalue weighted by Crippen LogP contribution is 2.10. The van der Waals surface area contributed by atoms with Gasteiger partial charge in [0.2, 0.25) is 0 Å². The molecule has 0 aliphatic heterocycles. The molecule has 0 radical (unpaired) electrons. The van der Waals surface area contributed by atoms with Crippen LogP contribution in [0.4, 0.5) is 4.79 Å². The van der Waals surface area contributed by atoms with Crippen LogP contribution in [0.1, 0.15) is 11.1 Å². The average molecular weight is 326 g/mol.